The van der Waals surface area contributed by atoms with Crippen molar-refractivity contribution in [3.63, 3.8) is 0 Å². The van der Waals surface area contributed by atoms with E-state index in [2.05, 4.69) is 5.32 Å². The Labute approximate surface area is 182 Å². The molecule has 1 amide bonds. The molecule has 164 valence electrons. The average molecular weight is 425 g/mol. The second-order valence-corrected chi connectivity index (χ2v) is 8.72. The number of piperazine rings is 1. The maximum absolute atomic E-state index is 12.7. The van der Waals surface area contributed by atoms with Crippen LogP contribution >= 0.6 is 0 Å². The summed E-state index contributed by atoms with van der Waals surface area (Å²) in [5, 5.41) is 14.7. The van der Waals surface area contributed by atoms with Crippen LogP contribution in [0, 0.1) is 10.1 Å². The molecule has 8 nitrogen and oxygen atoms in total. The van der Waals surface area contributed by atoms with Crippen LogP contribution in [0.5, 0.6) is 0 Å². The maximum atomic E-state index is 12.7. The Morgan fingerprint density at radius 3 is 2.23 bits per heavy atom. The Morgan fingerprint density at radius 1 is 1.00 bits per heavy atom. The van der Waals surface area contributed by atoms with Crippen LogP contribution in [-0.2, 0) is 4.79 Å². The van der Waals surface area contributed by atoms with E-state index in [4.69, 9.17) is 0 Å². The van der Waals surface area contributed by atoms with Gasteiger partial charge in [0.25, 0.3) is 5.69 Å². The van der Waals surface area contributed by atoms with E-state index in [1.165, 1.54) is 6.07 Å². The molecule has 0 radical (unpaired) electrons. The largest absolute Gasteiger partial charge is 0.363 e. The highest BCUT2D eigenvalue weighted by Crippen LogP contribution is 2.31. The highest BCUT2D eigenvalue weighted by atomic mass is 16.6. The Bertz CT molecular complexity index is 961. The van der Waals surface area contributed by atoms with Crippen molar-refractivity contribution < 1.29 is 14.5 Å². The Hall–Kier alpha value is -3.26. The fraction of sp³-hybridized carbons (Fsp3) is 0.391. The summed E-state index contributed by atoms with van der Waals surface area (Å²) in [4.78, 5) is 40.1. The molecular weight excluding hydrogens is 396 g/mol. The SMILES string of the molecule is CC(C)(C)NC(=O)CN1CCN(c2ccc(C(=O)c3ccccc3)cc2[N+](=O)[O-])CC1. The molecule has 1 saturated heterocycles. The molecule has 1 N–H and O–H groups in total. The molecule has 0 unspecified atom stereocenters. The first-order valence-corrected chi connectivity index (χ1v) is 10.3. The number of ketones is 1. The summed E-state index contributed by atoms with van der Waals surface area (Å²) in [6.07, 6.45) is 0. The van der Waals surface area contributed by atoms with E-state index >= 15 is 0 Å². The van der Waals surface area contributed by atoms with Gasteiger partial charge in [-0.05, 0) is 32.9 Å². The third-order valence-electron chi connectivity index (χ3n) is 5.06. The van der Waals surface area contributed by atoms with Crippen molar-refractivity contribution in [1.82, 2.24) is 10.2 Å². The molecular formula is C23H28N4O4. The van der Waals surface area contributed by atoms with Gasteiger partial charge in [-0.15, -0.1) is 0 Å². The molecule has 8 heteroatoms. The maximum Gasteiger partial charge on any atom is 0.293 e. The molecule has 31 heavy (non-hydrogen) atoms. The van der Waals surface area contributed by atoms with E-state index in [0.717, 1.165) is 0 Å². The molecule has 1 fully saturated rings. The minimum atomic E-state index is -0.444. The molecule has 3 rings (SSSR count). The lowest BCUT2D eigenvalue weighted by Gasteiger charge is -2.36. The van der Waals surface area contributed by atoms with E-state index in [-0.39, 0.29) is 22.9 Å². The summed E-state index contributed by atoms with van der Waals surface area (Å²) >= 11 is 0. The first-order chi connectivity index (χ1) is 14.6. The van der Waals surface area contributed by atoms with Gasteiger partial charge in [-0.25, -0.2) is 0 Å². The number of anilines is 1. The second-order valence-electron chi connectivity index (χ2n) is 8.72. The van der Waals surface area contributed by atoms with Crippen molar-refractivity contribution >= 4 is 23.1 Å². The molecule has 1 aliphatic rings. The normalized spacial score (nSPS) is 14.9. The van der Waals surface area contributed by atoms with Crippen molar-refractivity contribution in [2.75, 3.05) is 37.6 Å². The van der Waals surface area contributed by atoms with E-state index in [0.29, 0.717) is 49.5 Å². The Balaban J connectivity index is 1.70. The number of hydrogen-bond donors (Lipinski definition) is 1. The smallest absolute Gasteiger partial charge is 0.293 e. The second kappa shape index (κ2) is 9.26. The van der Waals surface area contributed by atoms with Gasteiger partial charge in [0.05, 0.1) is 11.5 Å². The number of nitro groups is 1. The molecule has 0 bridgehead atoms. The summed E-state index contributed by atoms with van der Waals surface area (Å²) in [5.41, 5.74) is 0.915. The lowest BCUT2D eigenvalue weighted by Crippen LogP contribution is -2.51. The zero-order valence-corrected chi connectivity index (χ0v) is 18.1. The third kappa shape index (κ3) is 5.88. The van der Waals surface area contributed by atoms with Gasteiger partial charge in [0.1, 0.15) is 5.69 Å². The van der Waals surface area contributed by atoms with Crippen LogP contribution in [0.25, 0.3) is 0 Å². The highest BCUT2D eigenvalue weighted by Gasteiger charge is 2.26. The van der Waals surface area contributed by atoms with Gasteiger partial charge >= 0.3 is 0 Å². The standard InChI is InChI=1S/C23H28N4O4/c1-23(2,3)24-21(28)16-25-11-13-26(14-12-25)19-10-9-18(15-20(19)27(30)31)22(29)17-7-5-4-6-8-17/h4-10,15H,11-14,16H2,1-3H3,(H,24,28). The Morgan fingerprint density at radius 2 is 1.65 bits per heavy atom. The van der Waals surface area contributed by atoms with Gasteiger partial charge in [0, 0.05) is 48.9 Å². The van der Waals surface area contributed by atoms with Gasteiger partial charge in [-0.2, -0.15) is 0 Å². The minimum absolute atomic E-state index is 0.0318. The lowest BCUT2D eigenvalue weighted by atomic mass is 10.0. The number of benzene rings is 2. The predicted octanol–water partition coefficient (Wildman–Crippen LogP) is 2.86. The van der Waals surface area contributed by atoms with Crippen LogP contribution in [0.1, 0.15) is 36.7 Å². The molecule has 2 aromatic carbocycles. The average Bonchev–Trinajstić information content (AvgIpc) is 2.72. The molecule has 0 aliphatic carbocycles. The quantitative estimate of drug-likeness (QED) is 0.435. The van der Waals surface area contributed by atoms with Crippen LogP contribution in [-0.4, -0.2) is 59.8 Å². The number of rotatable bonds is 6. The van der Waals surface area contributed by atoms with E-state index < -0.39 is 4.92 Å². The van der Waals surface area contributed by atoms with Crippen LogP contribution in [0.3, 0.4) is 0 Å². The molecule has 1 aliphatic heterocycles. The highest BCUT2D eigenvalue weighted by molar-refractivity contribution is 6.09. The van der Waals surface area contributed by atoms with Crippen molar-refractivity contribution in [2.45, 2.75) is 26.3 Å². The number of carbonyl (C=O) groups excluding carboxylic acids is 2. The summed E-state index contributed by atoms with van der Waals surface area (Å²) in [7, 11) is 0. The van der Waals surface area contributed by atoms with Crippen molar-refractivity contribution in [3.05, 3.63) is 69.8 Å². The summed E-state index contributed by atoms with van der Waals surface area (Å²) in [5.74, 6) is -0.277. The van der Waals surface area contributed by atoms with Crippen molar-refractivity contribution in [3.8, 4) is 0 Å². The van der Waals surface area contributed by atoms with E-state index in [9.17, 15) is 19.7 Å². The number of nitrogens with one attached hydrogen (secondary N) is 1. The fourth-order valence-electron chi connectivity index (χ4n) is 3.64. The number of nitro benzene ring substituents is 1. The first-order valence-electron chi connectivity index (χ1n) is 10.3. The number of hydrogen-bond acceptors (Lipinski definition) is 6. The molecule has 0 saturated carbocycles. The van der Waals surface area contributed by atoms with Gasteiger partial charge < -0.3 is 10.2 Å². The Kier molecular flexibility index (Phi) is 6.70. The van der Waals surface area contributed by atoms with Crippen LogP contribution in [0.15, 0.2) is 48.5 Å². The van der Waals surface area contributed by atoms with Crippen LogP contribution < -0.4 is 10.2 Å². The van der Waals surface area contributed by atoms with Crippen molar-refractivity contribution in [2.24, 2.45) is 0 Å². The molecule has 0 spiro atoms. The van der Waals surface area contributed by atoms with Gasteiger partial charge in [-0.3, -0.25) is 24.6 Å². The minimum Gasteiger partial charge on any atom is -0.363 e. The lowest BCUT2D eigenvalue weighted by molar-refractivity contribution is -0.384. The predicted molar refractivity (Wildman–Crippen MR) is 120 cm³/mol. The number of amides is 1. The van der Waals surface area contributed by atoms with Crippen LogP contribution in [0.2, 0.25) is 0 Å². The van der Waals surface area contributed by atoms with Gasteiger partial charge in [0.15, 0.2) is 5.78 Å². The summed E-state index contributed by atoms with van der Waals surface area (Å²) in [6.45, 7) is 8.50. The monoisotopic (exact) mass is 424 g/mol. The van der Waals surface area contributed by atoms with E-state index in [1.54, 1.807) is 36.4 Å². The number of nitrogens with zero attached hydrogens (tertiary/aromatic N) is 3. The first kappa shape index (κ1) is 22.4. The topological polar surface area (TPSA) is 95.8 Å². The third-order valence-corrected chi connectivity index (χ3v) is 5.06. The fourth-order valence-corrected chi connectivity index (χ4v) is 3.64. The summed E-state index contributed by atoms with van der Waals surface area (Å²) < 4.78 is 0. The van der Waals surface area contributed by atoms with Crippen molar-refractivity contribution in [1.29, 1.82) is 0 Å². The van der Waals surface area contributed by atoms with Gasteiger partial charge in [-0.1, -0.05) is 30.3 Å². The zero-order chi connectivity index (χ0) is 22.6. The molecule has 1 heterocycles. The number of carbonyl (C=O) groups is 2. The van der Waals surface area contributed by atoms with Gasteiger partial charge in [0.2, 0.25) is 5.91 Å². The zero-order valence-electron chi connectivity index (χ0n) is 18.1. The van der Waals surface area contributed by atoms with E-state index in [1.807, 2.05) is 36.6 Å². The van der Waals surface area contributed by atoms with Crippen LogP contribution in [0.4, 0.5) is 11.4 Å². The molecule has 0 aromatic heterocycles. The summed E-state index contributed by atoms with van der Waals surface area (Å²) in [6, 6.07) is 13.4. The molecule has 0 atom stereocenters. The molecule has 2 aromatic rings.